The molecule has 1 aromatic rings. The van der Waals surface area contributed by atoms with Crippen LogP contribution < -0.4 is 14.8 Å². The van der Waals surface area contributed by atoms with Gasteiger partial charge in [0.1, 0.15) is 13.1 Å². The van der Waals surface area contributed by atoms with Gasteiger partial charge in [0, 0.05) is 43.2 Å². The molecule has 3 heterocycles. The molecule has 0 saturated carbocycles. The van der Waals surface area contributed by atoms with Gasteiger partial charge in [-0.05, 0) is 62.8 Å². The Hall–Kier alpha value is -1.94. The normalized spacial score (nSPS) is 16.0. The lowest BCUT2D eigenvalue weighted by Crippen LogP contribution is -2.36. The van der Waals surface area contributed by atoms with Gasteiger partial charge in [-0.25, -0.2) is 9.56 Å². The summed E-state index contributed by atoms with van der Waals surface area (Å²) >= 11 is 1.95. The summed E-state index contributed by atoms with van der Waals surface area (Å²) in [6, 6.07) is 11.9. The number of piperidine rings is 2. The summed E-state index contributed by atoms with van der Waals surface area (Å²) < 4.78 is 4.01. The second kappa shape index (κ2) is 18.1. The molecule has 0 radical (unpaired) electrons. The number of nitrogens with zero attached hydrogens (tertiary/aromatic N) is 3. The van der Waals surface area contributed by atoms with E-state index in [1.165, 1.54) is 199 Å². The summed E-state index contributed by atoms with van der Waals surface area (Å²) in [4.78, 5) is 9.13. The number of aryl methyl sites for hydroxylation is 1. The lowest BCUT2D eigenvalue weighted by atomic mass is 10.0. The molecule has 3 aliphatic heterocycles. The summed E-state index contributed by atoms with van der Waals surface area (Å²) in [7, 11) is 0. The molecule has 0 amide bonds. The first-order valence-electron chi connectivity index (χ1n) is 18.5. The highest BCUT2D eigenvalue weighted by Crippen LogP contribution is 2.33. The van der Waals surface area contributed by atoms with Gasteiger partial charge in [-0.1, -0.05) is 96.8 Å². The molecule has 2 fully saturated rings. The number of hydrogen-bond donors (Lipinski definition) is 0. The predicted molar refractivity (Wildman–Crippen MR) is 190 cm³/mol. The molecule has 43 heavy (non-hydrogen) atoms. The highest BCUT2D eigenvalue weighted by Gasteiger charge is 2.19. The van der Waals surface area contributed by atoms with Crippen LogP contribution in [-0.2, 0) is 6.42 Å². The Balaban J connectivity index is 1.14. The summed E-state index contributed by atoms with van der Waals surface area (Å²) in [6.45, 7) is 7.11. The fourth-order valence-corrected chi connectivity index (χ4v) is 8.37. The average molecular weight is 603 g/mol. The van der Waals surface area contributed by atoms with E-state index in [4.69, 9.17) is 4.98 Å². The maximum Gasteiger partial charge on any atom is 0.204 e. The molecular weight excluding hydrogens is 543 g/mol. The van der Waals surface area contributed by atoms with Crippen LogP contribution in [0.4, 0.5) is 5.69 Å². The van der Waals surface area contributed by atoms with Gasteiger partial charge in [-0.2, -0.15) is 0 Å². The minimum absolute atomic E-state index is 1.15. The van der Waals surface area contributed by atoms with Gasteiger partial charge in [0.15, 0.2) is 0 Å². The maximum absolute atomic E-state index is 5.21. The molecule has 0 atom stereocenters. The fraction of sp³-hybridized carbons (Fsp3) is 0.692. The van der Waals surface area contributed by atoms with E-state index in [9.17, 15) is 0 Å². The largest absolute Gasteiger partial charge is 0.371 e. The zero-order valence-corrected chi connectivity index (χ0v) is 28.3. The molecule has 1 aromatic carbocycles. The number of anilines is 1. The summed E-state index contributed by atoms with van der Waals surface area (Å²) in [5, 5.41) is 1.50. The van der Waals surface area contributed by atoms with Gasteiger partial charge < -0.3 is 4.90 Å². The molecule has 4 aliphatic rings. The Kier molecular flexibility index (Phi) is 13.7. The first kappa shape index (κ1) is 32.5. The highest BCUT2D eigenvalue weighted by atomic mass is 32.1. The van der Waals surface area contributed by atoms with Crippen molar-refractivity contribution in [2.45, 2.75) is 148 Å². The van der Waals surface area contributed by atoms with Gasteiger partial charge in [0.05, 0.1) is 20.8 Å². The molecule has 0 spiro atoms. The van der Waals surface area contributed by atoms with Crippen molar-refractivity contribution in [2.24, 2.45) is 0 Å². The molecule has 0 aromatic heterocycles. The maximum atomic E-state index is 5.21. The van der Waals surface area contributed by atoms with Crippen LogP contribution in [0.5, 0.6) is 0 Å². The topological polar surface area (TPSA) is 19.1 Å². The quantitative estimate of drug-likeness (QED) is 0.0869. The number of rotatable bonds is 17. The van der Waals surface area contributed by atoms with E-state index < -0.39 is 0 Å². The van der Waals surface area contributed by atoms with Crippen molar-refractivity contribution in [2.75, 3.05) is 31.1 Å². The van der Waals surface area contributed by atoms with E-state index in [-0.39, 0.29) is 0 Å². The second-order valence-electron chi connectivity index (χ2n) is 13.6. The van der Waals surface area contributed by atoms with Crippen LogP contribution in [0.15, 0.2) is 30.3 Å². The molecule has 0 unspecified atom stereocenters. The van der Waals surface area contributed by atoms with Crippen molar-refractivity contribution in [3.05, 3.63) is 41.3 Å². The number of benzene rings is 2. The van der Waals surface area contributed by atoms with E-state index in [0.717, 1.165) is 5.52 Å². The zero-order valence-electron chi connectivity index (χ0n) is 27.5. The lowest BCUT2D eigenvalue weighted by Gasteiger charge is -2.29. The highest BCUT2D eigenvalue weighted by molar-refractivity contribution is 7.21. The molecule has 4 heteroatoms. The third-order valence-corrected chi connectivity index (χ3v) is 11.1. The van der Waals surface area contributed by atoms with E-state index in [2.05, 4.69) is 46.7 Å². The molecule has 0 bridgehead atoms. The predicted octanol–water partition coefficient (Wildman–Crippen LogP) is 10.8. The van der Waals surface area contributed by atoms with Gasteiger partial charge >= 0.3 is 0 Å². The Labute approximate surface area is 267 Å². The van der Waals surface area contributed by atoms with Crippen LogP contribution in [-0.4, -0.2) is 31.2 Å². The summed E-state index contributed by atoms with van der Waals surface area (Å²) in [5.74, 6) is 0. The van der Waals surface area contributed by atoms with E-state index in [0.29, 0.717) is 0 Å². The Morgan fingerprint density at radius 1 is 0.674 bits per heavy atom. The van der Waals surface area contributed by atoms with Crippen molar-refractivity contribution in [3.8, 4) is 10.6 Å². The SMILES string of the molecule is CCCCCCCCCCCCCCCCCc1cc2nc3ccc(N4CCCCC4)cc3sc-2cc1=[N+]1CCCCC1. The number of unbranched alkanes of at least 4 members (excludes halogenated alkanes) is 14. The smallest absolute Gasteiger partial charge is 0.204 e. The van der Waals surface area contributed by atoms with Crippen molar-refractivity contribution in [3.63, 3.8) is 0 Å². The second-order valence-corrected chi connectivity index (χ2v) is 14.7. The van der Waals surface area contributed by atoms with Crippen LogP contribution >= 0.6 is 11.3 Å². The molecule has 2 saturated heterocycles. The van der Waals surface area contributed by atoms with Crippen molar-refractivity contribution >= 4 is 27.2 Å². The standard InChI is InChI=1S/C39H60N3S/c1-2-3-4-5-6-7-8-9-10-11-12-13-14-15-18-23-33-30-36-39(32-37(33)42-28-21-17-22-29-42)43-38-31-34(24-25-35(38)40-36)41-26-19-16-20-27-41/h24-25,30-32H,2-23,26-29H2,1H3/q+1. The Bertz CT molecular complexity index is 1260. The molecule has 236 valence electrons. The first-order valence-corrected chi connectivity index (χ1v) is 19.3. The molecule has 3 nitrogen and oxygen atoms in total. The van der Waals surface area contributed by atoms with E-state index >= 15 is 0 Å². The van der Waals surface area contributed by atoms with Gasteiger partial charge in [-0.3, -0.25) is 0 Å². The number of hydrogen-bond acceptors (Lipinski definition) is 3. The van der Waals surface area contributed by atoms with Crippen molar-refractivity contribution < 1.29 is 0 Å². The Morgan fingerprint density at radius 3 is 1.93 bits per heavy atom. The first-order chi connectivity index (χ1) is 21.3. The summed E-state index contributed by atoms with van der Waals surface area (Å²) in [5.41, 5.74) is 5.26. The molecule has 5 rings (SSSR count). The van der Waals surface area contributed by atoms with Gasteiger partial charge in [-0.15, -0.1) is 11.3 Å². The van der Waals surface area contributed by atoms with Crippen LogP contribution in [0, 0.1) is 0 Å². The van der Waals surface area contributed by atoms with Gasteiger partial charge in [0.2, 0.25) is 5.36 Å². The van der Waals surface area contributed by atoms with Crippen LogP contribution in [0.25, 0.3) is 20.8 Å². The zero-order chi connectivity index (χ0) is 29.5. The van der Waals surface area contributed by atoms with Crippen molar-refractivity contribution in [1.82, 2.24) is 9.56 Å². The van der Waals surface area contributed by atoms with Gasteiger partial charge in [0.25, 0.3) is 0 Å². The monoisotopic (exact) mass is 602 g/mol. The average Bonchev–Trinajstić information content (AvgIpc) is 3.06. The third-order valence-electron chi connectivity index (χ3n) is 10.0. The van der Waals surface area contributed by atoms with E-state index in [1.54, 1.807) is 0 Å². The fourth-order valence-electron chi connectivity index (χ4n) is 7.36. The van der Waals surface area contributed by atoms with Crippen LogP contribution in [0.1, 0.15) is 147 Å². The number of fused-ring (bicyclic) bond motifs is 2. The minimum atomic E-state index is 1.15. The van der Waals surface area contributed by atoms with Crippen LogP contribution in [0.2, 0.25) is 0 Å². The molecule has 0 N–H and O–H groups in total. The van der Waals surface area contributed by atoms with Crippen molar-refractivity contribution in [1.29, 1.82) is 0 Å². The third kappa shape index (κ3) is 10.0. The number of aromatic nitrogens is 1. The van der Waals surface area contributed by atoms with E-state index in [1.807, 2.05) is 11.3 Å². The summed E-state index contributed by atoms with van der Waals surface area (Å²) in [6.07, 6.45) is 30.6. The molecular formula is C39H60N3S+. The molecule has 1 aliphatic carbocycles. The lowest BCUT2D eigenvalue weighted by molar-refractivity contribution is 0.449. The Morgan fingerprint density at radius 2 is 1.28 bits per heavy atom. The van der Waals surface area contributed by atoms with Crippen LogP contribution in [0.3, 0.4) is 0 Å². The minimum Gasteiger partial charge on any atom is -0.371 e.